The van der Waals surface area contributed by atoms with E-state index in [9.17, 15) is 0 Å². The molecular weight excluding hydrogens is 140 g/mol. The second-order valence-electron chi connectivity index (χ2n) is 3.30. The Kier molecular flexibility index (Phi) is 6.99. The summed E-state index contributed by atoms with van der Waals surface area (Å²) in [7, 11) is 1.50. The lowest BCUT2D eigenvalue weighted by Crippen LogP contribution is -2.09. The molecule has 66 valence electrons. The van der Waals surface area contributed by atoms with Crippen LogP contribution in [0.3, 0.4) is 0 Å². The Morgan fingerprint density at radius 3 is 1.82 bits per heavy atom. The zero-order valence-corrected chi connectivity index (χ0v) is 7.73. The number of nitrogens with two attached hydrogens (primary N) is 1. The third-order valence-corrected chi connectivity index (χ3v) is 0.833. The van der Waals surface area contributed by atoms with Crippen LogP contribution in [0, 0.1) is 16.4 Å². The molecule has 0 saturated carbocycles. The van der Waals surface area contributed by atoms with E-state index in [1.807, 2.05) is 20.8 Å². The molecule has 0 aliphatic carbocycles. The minimum absolute atomic E-state index is 0.0850. The van der Waals surface area contributed by atoms with Crippen LogP contribution < -0.4 is 5.73 Å². The summed E-state index contributed by atoms with van der Waals surface area (Å²) in [6, 6.07) is 0. The monoisotopic (exact) mass is 158 g/mol. The first kappa shape index (κ1) is 12.9. The van der Waals surface area contributed by atoms with Crippen LogP contribution in [0.4, 0.5) is 0 Å². The maximum absolute atomic E-state index is 7.04. The molecule has 0 unspecified atom stereocenters. The molecule has 0 atom stereocenters. The van der Waals surface area contributed by atoms with Crippen molar-refractivity contribution in [3.8, 4) is 0 Å². The molecule has 0 spiro atoms. The van der Waals surface area contributed by atoms with Crippen LogP contribution in [0.5, 0.6) is 0 Å². The molecule has 4 N–H and O–H groups in total. The van der Waals surface area contributed by atoms with Gasteiger partial charge in [-0.15, -0.1) is 5.11 Å². The first-order valence-corrected chi connectivity index (χ1v) is 3.48. The SMILES string of the molecule is CC(C)(C)CC(=N)N=N.CN. The molecule has 4 heteroatoms. The van der Waals surface area contributed by atoms with E-state index in [0.717, 1.165) is 0 Å². The number of rotatable bonds is 1. The minimum atomic E-state index is 0.0850. The van der Waals surface area contributed by atoms with Gasteiger partial charge in [0.2, 0.25) is 0 Å². The summed E-state index contributed by atoms with van der Waals surface area (Å²) in [5.74, 6) is 0.155. The highest BCUT2D eigenvalue weighted by atomic mass is 15.0. The molecule has 0 saturated heterocycles. The van der Waals surface area contributed by atoms with Gasteiger partial charge in [-0.3, -0.25) is 5.41 Å². The summed E-state index contributed by atoms with van der Waals surface area (Å²) in [6.07, 6.45) is 0.580. The molecule has 0 bridgehead atoms. The lowest BCUT2D eigenvalue weighted by atomic mass is 9.92. The van der Waals surface area contributed by atoms with E-state index in [2.05, 4.69) is 10.8 Å². The molecule has 4 nitrogen and oxygen atoms in total. The van der Waals surface area contributed by atoms with Crippen molar-refractivity contribution >= 4 is 5.84 Å². The van der Waals surface area contributed by atoms with E-state index in [0.29, 0.717) is 6.42 Å². The van der Waals surface area contributed by atoms with E-state index >= 15 is 0 Å². The van der Waals surface area contributed by atoms with Gasteiger partial charge >= 0.3 is 0 Å². The van der Waals surface area contributed by atoms with E-state index in [1.54, 1.807) is 0 Å². The van der Waals surface area contributed by atoms with Crippen molar-refractivity contribution in [2.45, 2.75) is 27.2 Å². The zero-order chi connectivity index (χ0) is 9.49. The van der Waals surface area contributed by atoms with Crippen molar-refractivity contribution in [2.24, 2.45) is 16.3 Å². The Hall–Kier alpha value is -0.770. The van der Waals surface area contributed by atoms with Gasteiger partial charge in [0.1, 0.15) is 5.84 Å². The fourth-order valence-corrected chi connectivity index (χ4v) is 0.542. The van der Waals surface area contributed by atoms with Gasteiger partial charge in [0.25, 0.3) is 0 Å². The van der Waals surface area contributed by atoms with Gasteiger partial charge in [0.05, 0.1) is 0 Å². The summed E-state index contributed by atoms with van der Waals surface area (Å²) in [5.41, 5.74) is 11.1. The maximum atomic E-state index is 7.04. The average Bonchev–Trinajstić information content (AvgIpc) is 1.89. The van der Waals surface area contributed by atoms with Crippen LogP contribution in [0.2, 0.25) is 0 Å². The van der Waals surface area contributed by atoms with Crippen LogP contribution in [0.15, 0.2) is 5.11 Å². The topological polar surface area (TPSA) is 86.1 Å². The van der Waals surface area contributed by atoms with E-state index in [-0.39, 0.29) is 11.3 Å². The van der Waals surface area contributed by atoms with Crippen LogP contribution in [0.25, 0.3) is 0 Å². The molecule has 0 aromatic carbocycles. The summed E-state index contributed by atoms with van der Waals surface area (Å²) < 4.78 is 0. The fourth-order valence-electron chi connectivity index (χ4n) is 0.542. The maximum Gasteiger partial charge on any atom is 0.143 e. The molecule has 0 aliphatic heterocycles. The third kappa shape index (κ3) is 12.4. The number of amidine groups is 1. The Morgan fingerprint density at radius 1 is 1.36 bits per heavy atom. The van der Waals surface area contributed by atoms with Gasteiger partial charge in [-0.25, -0.2) is 5.53 Å². The fraction of sp³-hybridized carbons (Fsp3) is 0.857. The summed E-state index contributed by atoms with van der Waals surface area (Å²) in [4.78, 5) is 0. The quantitative estimate of drug-likeness (QED) is 0.304. The smallest absolute Gasteiger partial charge is 0.143 e. The molecule has 11 heavy (non-hydrogen) atoms. The first-order valence-electron chi connectivity index (χ1n) is 3.48. The van der Waals surface area contributed by atoms with Gasteiger partial charge in [-0.05, 0) is 12.5 Å². The summed E-state index contributed by atoms with van der Waals surface area (Å²) in [5, 5.41) is 10.0. The standard InChI is InChI=1S/C6H13N3.CH5N/c1-6(2,3)4-5(7)9-8;1-2/h7-8H,4H2,1-3H3;2H2,1H3. The largest absolute Gasteiger partial charge is 0.333 e. The molecular formula is C7H18N4. The van der Waals surface area contributed by atoms with Crippen molar-refractivity contribution in [1.82, 2.24) is 0 Å². The molecule has 0 heterocycles. The second-order valence-corrected chi connectivity index (χ2v) is 3.30. The lowest BCUT2D eigenvalue weighted by molar-refractivity contribution is 0.431. The highest BCUT2D eigenvalue weighted by Crippen LogP contribution is 2.18. The van der Waals surface area contributed by atoms with Crippen molar-refractivity contribution in [1.29, 1.82) is 10.9 Å². The molecule has 0 amide bonds. The first-order chi connectivity index (χ1) is 4.95. The van der Waals surface area contributed by atoms with Gasteiger partial charge in [0, 0.05) is 6.42 Å². The Balaban J connectivity index is 0. The summed E-state index contributed by atoms with van der Waals surface area (Å²) in [6.45, 7) is 6.06. The van der Waals surface area contributed by atoms with Crippen molar-refractivity contribution in [3.63, 3.8) is 0 Å². The molecule has 0 fully saturated rings. The highest BCUT2D eigenvalue weighted by Gasteiger charge is 2.12. The van der Waals surface area contributed by atoms with E-state index in [1.165, 1.54) is 7.05 Å². The average molecular weight is 158 g/mol. The predicted octanol–water partition coefficient (Wildman–Crippen LogP) is 2.01. The molecule has 0 aromatic heterocycles. The van der Waals surface area contributed by atoms with Crippen LogP contribution >= 0.6 is 0 Å². The molecule has 0 aromatic rings. The summed E-state index contributed by atoms with van der Waals surface area (Å²) >= 11 is 0. The van der Waals surface area contributed by atoms with Crippen molar-refractivity contribution in [3.05, 3.63) is 0 Å². The predicted molar refractivity (Wildman–Crippen MR) is 47.1 cm³/mol. The van der Waals surface area contributed by atoms with E-state index < -0.39 is 0 Å². The normalized spacial score (nSPS) is 9.55. The lowest BCUT2D eigenvalue weighted by Gasteiger charge is -2.15. The Morgan fingerprint density at radius 2 is 1.73 bits per heavy atom. The van der Waals surface area contributed by atoms with Gasteiger partial charge < -0.3 is 5.73 Å². The Labute approximate surface area is 68.2 Å². The third-order valence-electron chi connectivity index (χ3n) is 0.833. The molecule has 0 rings (SSSR count). The minimum Gasteiger partial charge on any atom is -0.333 e. The Bertz CT molecular complexity index is 123. The highest BCUT2D eigenvalue weighted by molar-refractivity contribution is 5.79. The van der Waals surface area contributed by atoms with E-state index in [4.69, 9.17) is 10.9 Å². The van der Waals surface area contributed by atoms with Crippen molar-refractivity contribution < 1.29 is 0 Å². The van der Waals surface area contributed by atoms with Crippen LogP contribution in [-0.2, 0) is 0 Å². The number of nitrogens with one attached hydrogen (secondary N) is 2. The second kappa shape index (κ2) is 5.97. The van der Waals surface area contributed by atoms with Crippen LogP contribution in [0.1, 0.15) is 27.2 Å². The number of hydrogen-bond acceptors (Lipinski definition) is 3. The van der Waals surface area contributed by atoms with Crippen LogP contribution in [-0.4, -0.2) is 12.9 Å². The molecule has 0 aliphatic rings. The molecule has 0 radical (unpaired) electrons. The number of hydrogen-bond donors (Lipinski definition) is 3. The van der Waals surface area contributed by atoms with Gasteiger partial charge in [-0.1, -0.05) is 20.8 Å². The van der Waals surface area contributed by atoms with Crippen molar-refractivity contribution in [2.75, 3.05) is 7.05 Å². The zero-order valence-electron chi connectivity index (χ0n) is 7.73. The van der Waals surface area contributed by atoms with Gasteiger partial charge in [0.15, 0.2) is 0 Å². The van der Waals surface area contributed by atoms with Gasteiger partial charge in [-0.2, -0.15) is 0 Å². The number of nitrogens with zero attached hydrogens (tertiary/aromatic N) is 1.